The second-order valence-electron chi connectivity index (χ2n) is 27.6. The number of ether oxygens (including phenoxy) is 1. The SMILES string of the molecule is COC[C@@H]1C[C@@H](NC(=O)Nc2ccc(C)cc2F)C(=O)N1c1ccc(-c2ccccc2P(C)(C)=O)c(F)c1F.Cc1ccc(NC(=O)N[C@@H]2CCN(c3ccc(-c4ccccc4CS(C)(=O)=O)cc3F)C2=O)c(F)c1.Cc1ccc(NC(=O)N[C@@H]2C[C@@H](CO)N(c3ccc(-c4ccccc4S(C)(=O)=O)c(F)c3F)C2=O)c(F)c1. The molecule has 0 saturated carbocycles. The fraction of sp³-hybridized carbons (Fsp3) is 0.250. The van der Waals surface area contributed by atoms with Gasteiger partial charge in [0.25, 0.3) is 0 Å². The Labute approximate surface area is 646 Å². The van der Waals surface area contributed by atoms with Gasteiger partial charge in [0.2, 0.25) is 17.7 Å². The van der Waals surface area contributed by atoms with Crippen LogP contribution in [0.15, 0.2) is 175 Å². The van der Waals surface area contributed by atoms with Crippen LogP contribution in [0.3, 0.4) is 0 Å². The Bertz CT molecular complexity index is 5510. The summed E-state index contributed by atoms with van der Waals surface area (Å²) < 4.78 is 185. The molecule has 9 amide bonds. The summed E-state index contributed by atoms with van der Waals surface area (Å²) in [5, 5.41) is 24.7. The summed E-state index contributed by atoms with van der Waals surface area (Å²) in [6, 6.07) is 33.5. The third-order valence-corrected chi connectivity index (χ3v) is 22.1. The van der Waals surface area contributed by atoms with E-state index in [1.165, 1.54) is 96.9 Å². The summed E-state index contributed by atoms with van der Waals surface area (Å²) >= 11 is 0. The molecule has 0 aliphatic carbocycles. The lowest BCUT2D eigenvalue weighted by Gasteiger charge is -2.25. The standard InChI is InChI=1S/C28H29F3N3O4P.C26H24F3N3O5S.C26H25F2N3O4S/c1-16-9-11-21(20(29)13-16)32-28(36)33-22-14-17(15-38-2)34(27(22)35)23-12-10-19(25(30)26(23)31)18-7-5-6-8-24(18)39(3,4)37;1-14-7-9-19(18(27)11-14)30-26(35)31-20-12-15(13-33)32(25(20)34)21-10-8-17(23(28)24(21)29)16-5-3-4-6-22(16)38(2,36)37;1-16-7-9-22(20(27)13-16)29-26(33)30-23-11-12-31(25(23)32)24-10-8-17(14-21(24)28)19-6-4-3-5-18(19)15-36(2,34)35/h5-13,17,22H,14-15H2,1-4H3,(H2,32,33,36);3-11,15,20,33H,12-13H2,1-2H3,(H2,30,31,35);3-10,13-14,23H,11-12,15H2,1-2H3,(H2,29,30,33)/t17-,22+;15-,20+;23-/m001/s1. The van der Waals surface area contributed by atoms with Gasteiger partial charge in [0.1, 0.15) is 48.5 Å². The molecule has 22 nitrogen and oxygen atoms in total. The second kappa shape index (κ2) is 35.2. The zero-order chi connectivity index (χ0) is 82.3. The first-order valence-corrected chi connectivity index (χ1v) is 41.5. The van der Waals surface area contributed by atoms with Crippen molar-refractivity contribution in [1.82, 2.24) is 16.0 Å². The molecule has 0 spiro atoms. The Hall–Kier alpha value is -11.3. The minimum atomic E-state index is -3.76. The molecule has 3 aliphatic rings. The number of carbonyl (C=O) groups is 6. The number of halogens is 8. The van der Waals surface area contributed by atoms with Crippen LogP contribution in [0.25, 0.3) is 33.4 Å². The molecule has 3 saturated heterocycles. The van der Waals surface area contributed by atoms with Crippen LogP contribution in [0, 0.1) is 67.3 Å². The van der Waals surface area contributed by atoms with Gasteiger partial charge in [-0.1, -0.05) is 91.0 Å². The van der Waals surface area contributed by atoms with Crippen molar-refractivity contribution in [2.45, 2.75) is 80.9 Å². The van der Waals surface area contributed by atoms with Crippen molar-refractivity contribution in [3.8, 4) is 33.4 Å². The van der Waals surface area contributed by atoms with Crippen LogP contribution < -0.4 is 51.9 Å². The van der Waals surface area contributed by atoms with E-state index in [-0.39, 0.29) is 88.2 Å². The van der Waals surface area contributed by atoms with Crippen LogP contribution in [-0.4, -0.2) is 141 Å². The number of nitrogens with zero attached hydrogens (tertiary/aromatic N) is 3. The predicted octanol–water partition coefficient (Wildman–Crippen LogP) is 13.5. The third kappa shape index (κ3) is 19.8. The van der Waals surface area contributed by atoms with Gasteiger partial charge in [-0.05, 0) is 171 Å². The lowest BCUT2D eigenvalue weighted by atomic mass is 10.00. The van der Waals surface area contributed by atoms with Gasteiger partial charge in [-0.15, -0.1) is 0 Å². The molecule has 113 heavy (non-hydrogen) atoms. The molecule has 3 aliphatic heterocycles. The molecule has 0 radical (unpaired) electrons. The first-order chi connectivity index (χ1) is 53.3. The fourth-order valence-corrected chi connectivity index (χ4v) is 16.3. The first kappa shape index (κ1) is 84.1. The van der Waals surface area contributed by atoms with Crippen LogP contribution >= 0.6 is 7.14 Å². The number of sulfone groups is 2. The number of aliphatic hydroxyl groups is 1. The van der Waals surface area contributed by atoms with E-state index >= 15 is 22.0 Å². The van der Waals surface area contributed by atoms with E-state index in [1.807, 2.05) is 0 Å². The molecular weight excluding hydrogens is 1540 g/mol. The number of hydrogen-bond acceptors (Lipinski definition) is 13. The van der Waals surface area contributed by atoms with E-state index in [4.69, 9.17) is 4.74 Å². The van der Waals surface area contributed by atoms with Crippen molar-refractivity contribution in [2.75, 3.05) is 83.4 Å². The number of urea groups is 3. The Morgan fingerprint density at radius 1 is 0.496 bits per heavy atom. The Morgan fingerprint density at radius 3 is 1.39 bits per heavy atom. The van der Waals surface area contributed by atoms with Gasteiger partial charge in [0, 0.05) is 48.2 Å². The highest BCUT2D eigenvalue weighted by molar-refractivity contribution is 7.91. The van der Waals surface area contributed by atoms with E-state index in [0.29, 0.717) is 44.2 Å². The van der Waals surface area contributed by atoms with Crippen molar-refractivity contribution < 1.29 is 95.1 Å². The normalized spacial score (nSPS) is 16.9. The lowest BCUT2D eigenvalue weighted by Crippen LogP contribution is -2.44. The summed E-state index contributed by atoms with van der Waals surface area (Å²) in [4.78, 5) is 79.6. The molecular formula is C80H78F8N9O13PS2. The van der Waals surface area contributed by atoms with Crippen molar-refractivity contribution >= 4 is 102 Å². The molecule has 594 valence electrons. The number of methoxy groups -OCH3 is 1. The minimum absolute atomic E-state index is 0.00136. The molecule has 7 N–H and O–H groups in total. The minimum Gasteiger partial charge on any atom is -0.394 e. The highest BCUT2D eigenvalue weighted by Gasteiger charge is 2.45. The van der Waals surface area contributed by atoms with Crippen LogP contribution in [0.5, 0.6) is 0 Å². The molecule has 33 heteroatoms. The van der Waals surface area contributed by atoms with Crippen LogP contribution in [0.2, 0.25) is 0 Å². The molecule has 9 aromatic rings. The summed E-state index contributed by atoms with van der Waals surface area (Å²) in [7, 11) is -8.46. The number of rotatable bonds is 19. The number of nitrogens with one attached hydrogen (secondary N) is 6. The summed E-state index contributed by atoms with van der Waals surface area (Å²) in [5.41, 5.74) is 2.52. The smallest absolute Gasteiger partial charge is 0.319 e. The number of aryl methyl sites for hydroxylation is 3. The van der Waals surface area contributed by atoms with Gasteiger partial charge >= 0.3 is 18.1 Å². The molecule has 9 aromatic carbocycles. The molecule has 3 fully saturated rings. The van der Waals surface area contributed by atoms with Gasteiger partial charge in [0.15, 0.2) is 42.9 Å². The molecule has 5 atom stereocenters. The highest BCUT2D eigenvalue weighted by Crippen LogP contribution is 2.43. The maximum atomic E-state index is 15.5. The zero-order valence-electron chi connectivity index (χ0n) is 62.0. The van der Waals surface area contributed by atoms with Crippen molar-refractivity contribution in [1.29, 1.82) is 0 Å². The number of carbonyl (C=O) groups excluding carboxylic acids is 6. The third-order valence-electron chi connectivity index (χ3n) is 18.6. The quantitative estimate of drug-likeness (QED) is 0.0293. The average Bonchev–Trinajstić information content (AvgIpc) is 1.71. The highest BCUT2D eigenvalue weighted by atomic mass is 32.2. The second-order valence-corrected chi connectivity index (χ2v) is 34.9. The van der Waals surface area contributed by atoms with Crippen molar-refractivity contribution in [3.05, 3.63) is 239 Å². The van der Waals surface area contributed by atoms with Gasteiger partial charge in [0.05, 0.1) is 70.1 Å². The molecule has 0 bridgehead atoms. The average molecular weight is 1620 g/mol. The zero-order valence-corrected chi connectivity index (χ0v) is 64.5. The topological polar surface area (TPSA) is 299 Å². The number of anilines is 6. The largest absolute Gasteiger partial charge is 0.394 e. The fourth-order valence-electron chi connectivity index (χ4n) is 13.3. The van der Waals surface area contributed by atoms with Crippen LogP contribution in [0.4, 0.5) is 83.6 Å². The molecule has 3 heterocycles. The summed E-state index contributed by atoms with van der Waals surface area (Å²) in [5.74, 6) is -9.97. The Balaban J connectivity index is 0.000000180. The van der Waals surface area contributed by atoms with Crippen LogP contribution in [0.1, 0.15) is 41.5 Å². The number of benzene rings is 9. The first-order valence-electron chi connectivity index (χ1n) is 34.9. The maximum Gasteiger partial charge on any atom is 0.319 e. The predicted molar refractivity (Wildman–Crippen MR) is 415 cm³/mol. The van der Waals surface area contributed by atoms with E-state index in [9.17, 15) is 68.4 Å². The van der Waals surface area contributed by atoms with E-state index in [1.54, 1.807) is 107 Å². The lowest BCUT2D eigenvalue weighted by molar-refractivity contribution is -0.119. The van der Waals surface area contributed by atoms with Gasteiger partial charge in [-0.25, -0.2) is 66.3 Å². The Morgan fingerprint density at radius 2 is 0.929 bits per heavy atom. The van der Waals surface area contributed by atoms with E-state index < -0.39 is 152 Å². The number of hydrogen-bond donors (Lipinski definition) is 7. The van der Waals surface area contributed by atoms with Crippen molar-refractivity contribution in [2.24, 2.45) is 0 Å². The number of amides is 9. The number of aliphatic hydroxyl groups excluding tert-OH is 1. The van der Waals surface area contributed by atoms with Gasteiger partial charge in [-0.3, -0.25) is 14.4 Å². The summed E-state index contributed by atoms with van der Waals surface area (Å²) in [6.07, 6.45) is 2.25. The molecule has 12 rings (SSSR count). The monoisotopic (exact) mass is 1620 g/mol. The van der Waals surface area contributed by atoms with Gasteiger partial charge < -0.3 is 61.0 Å². The van der Waals surface area contributed by atoms with E-state index in [0.717, 1.165) is 34.4 Å². The maximum absolute atomic E-state index is 15.5. The van der Waals surface area contributed by atoms with E-state index in [2.05, 4.69) is 31.9 Å². The summed E-state index contributed by atoms with van der Waals surface area (Å²) in [6.45, 7) is 7.76. The van der Waals surface area contributed by atoms with Crippen molar-refractivity contribution in [3.63, 3.8) is 0 Å². The Kier molecular flexibility index (Phi) is 26.2. The van der Waals surface area contributed by atoms with Gasteiger partial charge in [-0.2, -0.15) is 0 Å². The molecule has 0 unspecified atom stereocenters. The molecule has 0 aromatic heterocycles. The van der Waals surface area contributed by atoms with Crippen LogP contribution in [-0.2, 0) is 49.1 Å².